The molecule has 0 saturated carbocycles. The first-order chi connectivity index (χ1) is 6.50. The molecule has 1 atom stereocenters. The Morgan fingerprint density at radius 1 is 1.64 bits per heavy atom. The molecule has 0 aliphatic carbocycles. The molecule has 0 saturated heterocycles. The molecule has 1 unspecified atom stereocenters. The van der Waals surface area contributed by atoms with E-state index < -0.39 is 0 Å². The molecular weight excluding hydrogens is 248 g/mol. The van der Waals surface area contributed by atoms with Crippen LogP contribution < -0.4 is 11.2 Å². The summed E-state index contributed by atoms with van der Waals surface area (Å²) in [5, 5.41) is 9.09. The first-order valence-corrected chi connectivity index (χ1v) is 5.13. The second-order valence-electron chi connectivity index (χ2n) is 3.27. The number of pyridine rings is 1. The molecule has 0 amide bonds. The van der Waals surface area contributed by atoms with E-state index >= 15 is 0 Å². The highest BCUT2D eigenvalue weighted by molar-refractivity contribution is 9.10. The lowest BCUT2D eigenvalue weighted by atomic mass is 10.3. The zero-order valence-corrected chi connectivity index (χ0v) is 9.49. The second kappa shape index (κ2) is 4.61. The third kappa shape index (κ3) is 2.85. The number of rotatable bonds is 3. The minimum absolute atomic E-state index is 0.196. The van der Waals surface area contributed by atoms with Crippen LogP contribution >= 0.6 is 15.9 Å². The number of nitrogen functional groups attached to an aromatic ring is 1. The van der Waals surface area contributed by atoms with Crippen molar-refractivity contribution in [2.75, 3.05) is 5.73 Å². The smallest absolute Gasteiger partial charge is 0.218 e. The molecule has 5 heteroatoms. The molecule has 1 aromatic rings. The third-order valence-corrected chi connectivity index (χ3v) is 2.43. The average molecular weight is 261 g/mol. The van der Waals surface area contributed by atoms with Crippen molar-refractivity contribution in [1.29, 1.82) is 0 Å². The largest absolute Gasteiger partial charge is 0.394 e. The summed E-state index contributed by atoms with van der Waals surface area (Å²) in [5.74, 6) is 0. The Bertz CT molecular complexity index is 347. The van der Waals surface area contributed by atoms with Crippen LogP contribution in [0.5, 0.6) is 0 Å². The topological polar surface area (TPSA) is 68.2 Å². The molecule has 14 heavy (non-hydrogen) atoms. The summed E-state index contributed by atoms with van der Waals surface area (Å²) < 4.78 is 2.23. The van der Waals surface area contributed by atoms with Gasteiger partial charge in [-0.2, -0.15) is 0 Å². The van der Waals surface area contributed by atoms with E-state index in [1.165, 1.54) is 0 Å². The zero-order chi connectivity index (χ0) is 10.7. The molecule has 3 N–H and O–H groups in total. The van der Waals surface area contributed by atoms with Gasteiger partial charge in [-0.05, 0) is 29.3 Å². The van der Waals surface area contributed by atoms with Crippen LogP contribution in [0.2, 0.25) is 0 Å². The Balaban J connectivity index is 2.85. The number of aromatic nitrogens is 1. The molecule has 1 heterocycles. The van der Waals surface area contributed by atoms with Gasteiger partial charge in [0.05, 0.1) is 16.3 Å². The van der Waals surface area contributed by atoms with Crippen LogP contribution in [0.1, 0.15) is 13.3 Å². The van der Waals surface area contributed by atoms with E-state index in [9.17, 15) is 4.79 Å². The molecule has 4 nitrogen and oxygen atoms in total. The minimum atomic E-state index is -0.352. The van der Waals surface area contributed by atoms with Crippen molar-refractivity contribution in [3.63, 3.8) is 0 Å². The average Bonchev–Trinajstić information content (AvgIpc) is 2.10. The molecule has 0 radical (unpaired) electrons. The Hall–Kier alpha value is -0.810. The van der Waals surface area contributed by atoms with Gasteiger partial charge in [0, 0.05) is 18.9 Å². The van der Waals surface area contributed by atoms with Crippen molar-refractivity contribution >= 4 is 21.6 Å². The second-order valence-corrected chi connectivity index (χ2v) is 4.12. The zero-order valence-electron chi connectivity index (χ0n) is 7.90. The maximum atomic E-state index is 11.2. The highest BCUT2D eigenvalue weighted by Crippen LogP contribution is 2.07. The molecular formula is C9H13BrN2O2. The van der Waals surface area contributed by atoms with E-state index in [1.807, 2.05) is 0 Å². The van der Waals surface area contributed by atoms with E-state index in [4.69, 9.17) is 10.8 Å². The Kier molecular flexibility index (Phi) is 3.71. The fraction of sp³-hybridized carbons (Fsp3) is 0.444. The van der Waals surface area contributed by atoms with Crippen LogP contribution in [0, 0.1) is 0 Å². The minimum Gasteiger partial charge on any atom is -0.394 e. The maximum Gasteiger partial charge on any atom is 0.218 e. The monoisotopic (exact) mass is 260 g/mol. The van der Waals surface area contributed by atoms with Crippen LogP contribution in [0.25, 0.3) is 0 Å². The first-order valence-electron chi connectivity index (χ1n) is 4.34. The van der Waals surface area contributed by atoms with Gasteiger partial charge in [0.2, 0.25) is 5.43 Å². The Morgan fingerprint density at radius 2 is 2.29 bits per heavy atom. The number of hydrogen-bond acceptors (Lipinski definition) is 3. The summed E-state index contributed by atoms with van der Waals surface area (Å²) in [6, 6.07) is 0. The first kappa shape index (κ1) is 11.3. The third-order valence-electron chi connectivity index (χ3n) is 1.87. The predicted molar refractivity (Wildman–Crippen MR) is 59.1 cm³/mol. The molecule has 0 spiro atoms. The van der Waals surface area contributed by atoms with Crippen molar-refractivity contribution in [2.24, 2.45) is 0 Å². The molecule has 1 rings (SSSR count). The lowest BCUT2D eigenvalue weighted by molar-refractivity contribution is 0.178. The molecule has 78 valence electrons. The Morgan fingerprint density at radius 3 is 2.79 bits per heavy atom. The molecule has 0 fully saturated rings. The molecule has 1 aromatic heterocycles. The van der Waals surface area contributed by atoms with Crippen LogP contribution in [-0.4, -0.2) is 15.8 Å². The quantitative estimate of drug-likeness (QED) is 0.851. The van der Waals surface area contributed by atoms with Gasteiger partial charge in [-0.15, -0.1) is 0 Å². The number of nitrogens with zero attached hydrogens (tertiary/aromatic N) is 1. The number of aliphatic hydroxyl groups is 1. The van der Waals surface area contributed by atoms with Gasteiger partial charge in [0.25, 0.3) is 0 Å². The van der Waals surface area contributed by atoms with Crippen LogP contribution in [0.4, 0.5) is 5.69 Å². The number of hydrogen-bond donors (Lipinski definition) is 2. The molecule has 0 aliphatic heterocycles. The number of anilines is 1. The van der Waals surface area contributed by atoms with Gasteiger partial charge >= 0.3 is 0 Å². The Labute approximate surface area is 90.5 Å². The van der Waals surface area contributed by atoms with Gasteiger partial charge in [0.1, 0.15) is 0 Å². The van der Waals surface area contributed by atoms with Gasteiger partial charge < -0.3 is 15.4 Å². The van der Waals surface area contributed by atoms with E-state index in [0.717, 1.165) is 0 Å². The van der Waals surface area contributed by atoms with Gasteiger partial charge in [-0.3, -0.25) is 4.79 Å². The fourth-order valence-corrected chi connectivity index (χ4v) is 1.57. The van der Waals surface area contributed by atoms with E-state index in [2.05, 4.69) is 15.9 Å². The number of aliphatic hydroxyl groups excluding tert-OH is 1. The predicted octanol–water partition coefficient (Wildman–Crippen LogP) is 0.964. The summed E-state index contributed by atoms with van der Waals surface area (Å²) in [6.45, 7) is 2.36. The SMILES string of the molecule is CC(O)CCn1cc(N)c(=O)c(Br)c1. The highest BCUT2D eigenvalue weighted by atomic mass is 79.9. The highest BCUT2D eigenvalue weighted by Gasteiger charge is 2.02. The molecule has 0 aliphatic rings. The summed E-state index contributed by atoms with van der Waals surface area (Å²) in [7, 11) is 0. The normalized spacial score (nSPS) is 12.8. The summed E-state index contributed by atoms with van der Waals surface area (Å²) in [4.78, 5) is 11.2. The van der Waals surface area contributed by atoms with Crippen molar-refractivity contribution in [1.82, 2.24) is 4.57 Å². The van der Waals surface area contributed by atoms with E-state index in [-0.39, 0.29) is 17.2 Å². The van der Waals surface area contributed by atoms with Gasteiger partial charge in [0.15, 0.2) is 0 Å². The van der Waals surface area contributed by atoms with Crippen molar-refractivity contribution in [3.8, 4) is 0 Å². The number of aryl methyl sites for hydroxylation is 1. The van der Waals surface area contributed by atoms with E-state index in [1.54, 1.807) is 23.9 Å². The van der Waals surface area contributed by atoms with Gasteiger partial charge in [-0.25, -0.2) is 0 Å². The molecule has 0 aromatic carbocycles. The van der Waals surface area contributed by atoms with E-state index in [0.29, 0.717) is 17.4 Å². The summed E-state index contributed by atoms with van der Waals surface area (Å²) >= 11 is 3.13. The standard InChI is InChI=1S/C9H13BrN2O2/c1-6(13)2-3-12-4-7(10)9(14)8(11)5-12/h4-6,13H,2-3,11H2,1H3. The lowest BCUT2D eigenvalue weighted by Gasteiger charge is -2.09. The van der Waals surface area contributed by atoms with Crippen molar-refractivity contribution in [3.05, 3.63) is 27.1 Å². The van der Waals surface area contributed by atoms with Crippen LogP contribution in [0.15, 0.2) is 21.7 Å². The maximum absolute atomic E-state index is 11.2. The van der Waals surface area contributed by atoms with Crippen LogP contribution in [-0.2, 0) is 6.54 Å². The lowest BCUT2D eigenvalue weighted by Crippen LogP contribution is -2.14. The van der Waals surface area contributed by atoms with Crippen LogP contribution in [0.3, 0.4) is 0 Å². The summed E-state index contributed by atoms with van der Waals surface area (Å²) in [6.07, 6.45) is 3.53. The fourth-order valence-electron chi connectivity index (χ4n) is 1.08. The summed E-state index contributed by atoms with van der Waals surface area (Å²) in [5.41, 5.74) is 5.52. The van der Waals surface area contributed by atoms with Crippen molar-refractivity contribution in [2.45, 2.75) is 26.0 Å². The number of nitrogens with two attached hydrogens (primary N) is 1. The van der Waals surface area contributed by atoms with Crippen molar-refractivity contribution < 1.29 is 5.11 Å². The number of halogens is 1. The van der Waals surface area contributed by atoms with Gasteiger partial charge in [-0.1, -0.05) is 0 Å². The molecule has 0 bridgehead atoms.